The lowest BCUT2D eigenvalue weighted by atomic mass is 10.00. The van der Waals surface area contributed by atoms with Crippen molar-refractivity contribution in [3.05, 3.63) is 52.7 Å². The van der Waals surface area contributed by atoms with Gasteiger partial charge < -0.3 is 0 Å². The van der Waals surface area contributed by atoms with E-state index in [0.717, 1.165) is 16.5 Å². The summed E-state index contributed by atoms with van der Waals surface area (Å²) in [5, 5.41) is 12.2. The average Bonchev–Trinajstić information content (AvgIpc) is 2.88. The van der Waals surface area contributed by atoms with Crippen molar-refractivity contribution in [3.63, 3.8) is 0 Å². The van der Waals surface area contributed by atoms with Crippen LogP contribution in [0.5, 0.6) is 0 Å². The van der Waals surface area contributed by atoms with Gasteiger partial charge in [0.2, 0.25) is 0 Å². The van der Waals surface area contributed by atoms with Crippen LogP contribution in [-0.2, 0) is 0 Å². The molecule has 86 valence electrons. The molecule has 18 heavy (non-hydrogen) atoms. The molecular formula is C14H7FN2S. The van der Waals surface area contributed by atoms with E-state index in [-0.39, 0.29) is 5.82 Å². The monoisotopic (exact) mass is 254 g/mol. The number of thiophene rings is 1. The normalized spacial score (nSPS) is 10.4. The first-order chi connectivity index (χ1) is 8.81. The number of nitrogens with zero attached hydrogens (tertiary/aromatic N) is 2. The van der Waals surface area contributed by atoms with Gasteiger partial charge in [0.05, 0.1) is 0 Å². The molecule has 3 aromatic rings. The van der Waals surface area contributed by atoms with Gasteiger partial charge in [0.15, 0.2) is 0 Å². The van der Waals surface area contributed by atoms with Crippen molar-refractivity contribution in [2.75, 3.05) is 0 Å². The minimum atomic E-state index is -0.296. The van der Waals surface area contributed by atoms with E-state index in [4.69, 9.17) is 5.26 Å². The largest absolute Gasteiger partial charge is 0.264 e. The summed E-state index contributed by atoms with van der Waals surface area (Å²) < 4.78 is 13.7. The van der Waals surface area contributed by atoms with Gasteiger partial charge in [0.25, 0.3) is 0 Å². The molecule has 0 amide bonds. The van der Waals surface area contributed by atoms with Gasteiger partial charge in [-0.2, -0.15) is 5.26 Å². The maximum Gasteiger partial charge on any atom is 0.132 e. The molecule has 0 bridgehead atoms. The lowest BCUT2D eigenvalue weighted by Crippen LogP contribution is -1.86. The maximum atomic E-state index is 13.7. The summed E-state index contributed by atoms with van der Waals surface area (Å²) in [5.41, 5.74) is 1.71. The van der Waals surface area contributed by atoms with E-state index < -0.39 is 0 Å². The van der Waals surface area contributed by atoms with E-state index in [1.54, 1.807) is 18.3 Å². The van der Waals surface area contributed by atoms with E-state index >= 15 is 0 Å². The van der Waals surface area contributed by atoms with Gasteiger partial charge >= 0.3 is 0 Å². The molecular weight excluding hydrogens is 247 g/mol. The van der Waals surface area contributed by atoms with Crippen LogP contribution in [0.3, 0.4) is 0 Å². The molecule has 0 unspecified atom stereocenters. The lowest BCUT2D eigenvalue weighted by molar-refractivity contribution is 0.639. The smallest absolute Gasteiger partial charge is 0.132 e. The molecule has 1 aromatic carbocycles. The number of fused-ring (bicyclic) bond motifs is 1. The summed E-state index contributed by atoms with van der Waals surface area (Å²) in [5.74, 6) is -0.296. The van der Waals surface area contributed by atoms with Crippen molar-refractivity contribution >= 4 is 22.1 Å². The van der Waals surface area contributed by atoms with Crippen LogP contribution in [0.15, 0.2) is 42.0 Å². The summed E-state index contributed by atoms with van der Waals surface area (Å²) in [6.07, 6.45) is 3.14. The molecule has 2 nitrogen and oxygen atoms in total. The van der Waals surface area contributed by atoms with Crippen LogP contribution < -0.4 is 0 Å². The number of aromatic nitrogens is 1. The van der Waals surface area contributed by atoms with E-state index in [1.165, 1.54) is 23.6 Å². The van der Waals surface area contributed by atoms with Crippen molar-refractivity contribution in [2.24, 2.45) is 0 Å². The Morgan fingerprint density at radius 2 is 2.00 bits per heavy atom. The molecule has 4 heteroatoms. The van der Waals surface area contributed by atoms with Crippen LogP contribution in [0.25, 0.3) is 21.9 Å². The number of pyridine rings is 1. The highest BCUT2D eigenvalue weighted by Gasteiger charge is 2.11. The molecule has 0 aliphatic heterocycles. The van der Waals surface area contributed by atoms with Gasteiger partial charge in [0.1, 0.15) is 16.8 Å². The molecule has 0 N–H and O–H groups in total. The molecule has 2 heterocycles. The zero-order chi connectivity index (χ0) is 12.5. The number of rotatable bonds is 1. The molecule has 0 aliphatic carbocycles. The first-order valence-electron chi connectivity index (χ1n) is 5.31. The third-order valence-electron chi connectivity index (χ3n) is 2.82. The van der Waals surface area contributed by atoms with Crippen molar-refractivity contribution in [1.29, 1.82) is 5.26 Å². The summed E-state index contributed by atoms with van der Waals surface area (Å²) in [6.45, 7) is 0. The fourth-order valence-corrected chi connectivity index (χ4v) is 2.70. The van der Waals surface area contributed by atoms with Crippen molar-refractivity contribution < 1.29 is 4.39 Å². The van der Waals surface area contributed by atoms with E-state index in [9.17, 15) is 4.39 Å². The Hall–Kier alpha value is -2.25. The molecule has 0 radical (unpaired) electrons. The minimum absolute atomic E-state index is 0.296. The predicted molar refractivity (Wildman–Crippen MR) is 69.7 cm³/mol. The quantitative estimate of drug-likeness (QED) is 0.658. The number of hydrogen-bond donors (Lipinski definition) is 0. The Kier molecular flexibility index (Phi) is 2.54. The highest BCUT2D eigenvalue weighted by molar-refractivity contribution is 7.11. The fourth-order valence-electron chi connectivity index (χ4n) is 2.00. The standard InChI is InChI=1S/C14H7FN2S/c15-13-2-1-9(10-3-5-17-8-12(10)13)11-4-6-18-14(11)7-16/h1-6,8H. The highest BCUT2D eigenvalue weighted by atomic mass is 32.1. The fraction of sp³-hybridized carbons (Fsp3) is 0. The van der Waals surface area contributed by atoms with Crippen LogP contribution in [0.1, 0.15) is 4.88 Å². The van der Waals surface area contributed by atoms with E-state index in [1.807, 2.05) is 11.4 Å². The summed E-state index contributed by atoms with van der Waals surface area (Å²) >= 11 is 1.39. The summed E-state index contributed by atoms with van der Waals surface area (Å²) in [7, 11) is 0. The maximum absolute atomic E-state index is 13.7. The molecule has 0 aliphatic rings. The van der Waals surface area contributed by atoms with Crippen LogP contribution >= 0.6 is 11.3 Å². The molecule has 0 spiro atoms. The van der Waals surface area contributed by atoms with E-state index in [2.05, 4.69) is 11.1 Å². The number of nitriles is 1. The Labute approximate surface area is 107 Å². The number of halogens is 1. The second-order valence-electron chi connectivity index (χ2n) is 3.79. The van der Waals surface area contributed by atoms with Gasteiger partial charge in [-0.3, -0.25) is 4.98 Å². The topological polar surface area (TPSA) is 36.7 Å². The van der Waals surface area contributed by atoms with Crippen molar-refractivity contribution in [2.45, 2.75) is 0 Å². The van der Waals surface area contributed by atoms with Crippen LogP contribution in [0.2, 0.25) is 0 Å². The second kappa shape index (κ2) is 4.21. The van der Waals surface area contributed by atoms with Crippen molar-refractivity contribution in [3.8, 4) is 17.2 Å². The Bertz CT molecular complexity index is 771. The summed E-state index contributed by atoms with van der Waals surface area (Å²) in [4.78, 5) is 4.57. The Morgan fingerprint density at radius 3 is 2.83 bits per heavy atom. The van der Waals surface area contributed by atoms with Gasteiger partial charge in [-0.05, 0) is 34.5 Å². The van der Waals surface area contributed by atoms with Crippen LogP contribution in [0, 0.1) is 17.1 Å². The predicted octanol–water partition coefficient (Wildman–Crippen LogP) is 3.97. The van der Waals surface area contributed by atoms with Gasteiger partial charge in [-0.25, -0.2) is 4.39 Å². The molecule has 0 atom stereocenters. The Morgan fingerprint density at radius 1 is 1.11 bits per heavy atom. The molecule has 0 fully saturated rings. The molecule has 0 saturated heterocycles. The van der Waals surface area contributed by atoms with Gasteiger partial charge in [-0.15, -0.1) is 11.3 Å². The minimum Gasteiger partial charge on any atom is -0.264 e. The molecule has 2 aromatic heterocycles. The Balaban J connectivity index is 2.38. The van der Waals surface area contributed by atoms with Gasteiger partial charge in [-0.1, -0.05) is 6.07 Å². The molecule has 3 rings (SSSR count). The van der Waals surface area contributed by atoms with Crippen LogP contribution in [0.4, 0.5) is 4.39 Å². The zero-order valence-corrected chi connectivity index (χ0v) is 10.0. The SMILES string of the molecule is N#Cc1sccc1-c1ccc(F)c2cnccc12. The van der Waals surface area contributed by atoms with E-state index in [0.29, 0.717) is 10.3 Å². The highest BCUT2D eigenvalue weighted by Crippen LogP contribution is 2.33. The van der Waals surface area contributed by atoms with Crippen LogP contribution in [-0.4, -0.2) is 4.98 Å². The average molecular weight is 254 g/mol. The second-order valence-corrected chi connectivity index (χ2v) is 4.71. The lowest BCUT2D eigenvalue weighted by Gasteiger charge is -2.06. The van der Waals surface area contributed by atoms with Gasteiger partial charge in [0, 0.05) is 23.3 Å². The number of benzene rings is 1. The third-order valence-corrected chi connectivity index (χ3v) is 3.64. The third kappa shape index (κ3) is 1.57. The summed E-state index contributed by atoms with van der Waals surface area (Å²) in [6, 6.07) is 8.94. The first kappa shape index (κ1) is 10.9. The van der Waals surface area contributed by atoms with Crippen molar-refractivity contribution in [1.82, 2.24) is 4.98 Å². The first-order valence-corrected chi connectivity index (χ1v) is 6.19. The molecule has 0 saturated carbocycles. The number of hydrogen-bond acceptors (Lipinski definition) is 3. The zero-order valence-electron chi connectivity index (χ0n) is 9.22.